The van der Waals surface area contributed by atoms with Crippen molar-refractivity contribution in [1.29, 1.82) is 0 Å². The lowest BCUT2D eigenvalue weighted by Crippen LogP contribution is -2.21. The number of ether oxygens (including phenoxy) is 1. The average molecular weight is 313 g/mol. The van der Waals surface area contributed by atoms with Crippen LogP contribution in [0.1, 0.15) is 24.4 Å². The first-order chi connectivity index (χ1) is 8.74. The monoisotopic (exact) mass is 312 g/mol. The maximum atomic E-state index is 5.27. The molecule has 2 atom stereocenters. The first kappa shape index (κ1) is 13.8. The molecule has 0 amide bonds. The molecule has 18 heavy (non-hydrogen) atoms. The second-order valence-electron chi connectivity index (χ2n) is 4.83. The highest BCUT2D eigenvalue weighted by Gasteiger charge is 2.20. The zero-order valence-electron chi connectivity index (χ0n) is 11.0. The van der Waals surface area contributed by atoms with E-state index >= 15 is 0 Å². The fraction of sp³-hybridized carbons (Fsp3) is 0.571. The van der Waals surface area contributed by atoms with Crippen LogP contribution in [-0.4, -0.2) is 27.2 Å². The molecule has 1 heterocycles. The summed E-state index contributed by atoms with van der Waals surface area (Å²) in [5.41, 5.74) is 1.32. The van der Waals surface area contributed by atoms with Gasteiger partial charge in [0.05, 0.1) is 11.6 Å². The number of hydrogen-bond donors (Lipinski definition) is 2. The van der Waals surface area contributed by atoms with Crippen LogP contribution in [-0.2, 0) is 0 Å². The van der Waals surface area contributed by atoms with Gasteiger partial charge in [-0.2, -0.15) is 0 Å². The molecule has 1 aromatic rings. The summed E-state index contributed by atoms with van der Waals surface area (Å²) in [6.07, 6.45) is 2.47. The van der Waals surface area contributed by atoms with Crippen LogP contribution in [0.2, 0.25) is 0 Å². The quantitative estimate of drug-likeness (QED) is 0.877. The van der Waals surface area contributed by atoms with Crippen molar-refractivity contribution in [3.8, 4) is 5.75 Å². The molecule has 2 unspecified atom stereocenters. The van der Waals surface area contributed by atoms with Crippen molar-refractivity contribution in [2.45, 2.75) is 18.9 Å². The van der Waals surface area contributed by atoms with Gasteiger partial charge in [0.1, 0.15) is 5.75 Å². The molecule has 0 saturated carbocycles. The lowest BCUT2D eigenvalue weighted by Gasteiger charge is -2.21. The summed E-state index contributed by atoms with van der Waals surface area (Å²) < 4.78 is 6.29. The summed E-state index contributed by atoms with van der Waals surface area (Å²) in [5.74, 6) is 1.67. The Hall–Kier alpha value is -0.580. The minimum absolute atomic E-state index is 0.414. The van der Waals surface area contributed by atoms with Crippen LogP contribution < -0.4 is 15.4 Å². The molecular weight excluding hydrogens is 292 g/mol. The molecule has 0 spiro atoms. The van der Waals surface area contributed by atoms with Crippen LogP contribution in [0.25, 0.3) is 0 Å². The van der Waals surface area contributed by atoms with E-state index in [1.807, 2.05) is 13.1 Å². The summed E-state index contributed by atoms with van der Waals surface area (Å²) in [7, 11) is 3.73. The van der Waals surface area contributed by atoms with Gasteiger partial charge >= 0.3 is 0 Å². The van der Waals surface area contributed by atoms with Gasteiger partial charge in [-0.15, -0.1) is 0 Å². The molecule has 0 aromatic heterocycles. The zero-order valence-corrected chi connectivity index (χ0v) is 12.6. The number of rotatable bonds is 5. The molecule has 1 aromatic carbocycles. The van der Waals surface area contributed by atoms with E-state index in [2.05, 4.69) is 38.7 Å². The van der Waals surface area contributed by atoms with E-state index in [-0.39, 0.29) is 0 Å². The minimum Gasteiger partial charge on any atom is -0.496 e. The van der Waals surface area contributed by atoms with Crippen molar-refractivity contribution >= 4 is 15.9 Å². The predicted molar refractivity (Wildman–Crippen MR) is 78.1 cm³/mol. The number of methoxy groups -OCH3 is 1. The second kappa shape index (κ2) is 6.55. The molecule has 1 saturated heterocycles. The van der Waals surface area contributed by atoms with Gasteiger partial charge in [0.25, 0.3) is 0 Å². The van der Waals surface area contributed by atoms with Gasteiger partial charge < -0.3 is 15.4 Å². The van der Waals surface area contributed by atoms with E-state index in [0.717, 1.165) is 29.2 Å². The van der Waals surface area contributed by atoms with Gasteiger partial charge in [0, 0.05) is 6.04 Å². The standard InChI is InChI=1S/C14H21BrN2O/c1-16-13(7-10-5-6-17-9-10)11-3-4-14(18-2)12(15)8-11/h3-4,8,10,13,16-17H,5-7,9H2,1-2H3. The summed E-state index contributed by atoms with van der Waals surface area (Å²) in [6, 6.07) is 6.74. The molecule has 0 radical (unpaired) electrons. The lowest BCUT2D eigenvalue weighted by atomic mass is 9.94. The van der Waals surface area contributed by atoms with E-state index < -0.39 is 0 Å². The van der Waals surface area contributed by atoms with Crippen LogP contribution >= 0.6 is 15.9 Å². The van der Waals surface area contributed by atoms with Crippen LogP contribution in [0, 0.1) is 5.92 Å². The Labute approximate surface area is 117 Å². The highest BCUT2D eigenvalue weighted by molar-refractivity contribution is 9.10. The highest BCUT2D eigenvalue weighted by Crippen LogP contribution is 2.31. The van der Waals surface area contributed by atoms with Crippen LogP contribution in [0.5, 0.6) is 5.75 Å². The van der Waals surface area contributed by atoms with Crippen molar-refractivity contribution in [1.82, 2.24) is 10.6 Å². The van der Waals surface area contributed by atoms with Gasteiger partial charge in [-0.05, 0) is 72.5 Å². The molecule has 2 rings (SSSR count). The van der Waals surface area contributed by atoms with Crippen molar-refractivity contribution in [3.63, 3.8) is 0 Å². The Balaban J connectivity index is 2.08. The van der Waals surface area contributed by atoms with Crippen LogP contribution in [0.4, 0.5) is 0 Å². The summed E-state index contributed by atoms with van der Waals surface area (Å²) in [5, 5.41) is 6.85. The molecule has 100 valence electrons. The fourth-order valence-electron chi connectivity index (χ4n) is 2.57. The molecule has 0 bridgehead atoms. The van der Waals surface area contributed by atoms with Crippen molar-refractivity contribution in [2.24, 2.45) is 5.92 Å². The number of halogens is 1. The normalized spacial score (nSPS) is 20.9. The first-order valence-corrected chi connectivity index (χ1v) is 7.25. The minimum atomic E-state index is 0.414. The first-order valence-electron chi connectivity index (χ1n) is 6.46. The molecule has 0 aliphatic carbocycles. The SMILES string of the molecule is CNC(CC1CCNC1)c1ccc(OC)c(Br)c1. The molecule has 3 nitrogen and oxygen atoms in total. The lowest BCUT2D eigenvalue weighted by molar-refractivity contribution is 0.409. The predicted octanol–water partition coefficient (Wildman–Crippen LogP) is 2.72. The van der Waals surface area contributed by atoms with E-state index in [1.165, 1.54) is 18.4 Å². The molecule has 1 fully saturated rings. The van der Waals surface area contributed by atoms with Gasteiger partial charge in [0.15, 0.2) is 0 Å². The molecule has 2 N–H and O–H groups in total. The third kappa shape index (κ3) is 3.25. The van der Waals surface area contributed by atoms with Gasteiger partial charge in [-0.1, -0.05) is 6.07 Å². The van der Waals surface area contributed by atoms with Crippen LogP contribution in [0.3, 0.4) is 0 Å². The Morgan fingerprint density at radius 3 is 2.94 bits per heavy atom. The van der Waals surface area contributed by atoms with Crippen molar-refractivity contribution in [2.75, 3.05) is 27.2 Å². The van der Waals surface area contributed by atoms with E-state index in [0.29, 0.717) is 6.04 Å². The van der Waals surface area contributed by atoms with Gasteiger partial charge in [-0.3, -0.25) is 0 Å². The number of nitrogens with one attached hydrogen (secondary N) is 2. The average Bonchev–Trinajstić information content (AvgIpc) is 2.88. The number of benzene rings is 1. The molecule has 1 aliphatic rings. The third-order valence-corrected chi connectivity index (χ3v) is 4.28. The zero-order chi connectivity index (χ0) is 13.0. The third-order valence-electron chi connectivity index (χ3n) is 3.66. The van der Waals surface area contributed by atoms with Crippen molar-refractivity contribution in [3.05, 3.63) is 28.2 Å². The van der Waals surface area contributed by atoms with Gasteiger partial charge in [0.2, 0.25) is 0 Å². The number of hydrogen-bond acceptors (Lipinski definition) is 3. The van der Waals surface area contributed by atoms with Crippen LogP contribution in [0.15, 0.2) is 22.7 Å². The fourth-order valence-corrected chi connectivity index (χ4v) is 3.13. The highest BCUT2D eigenvalue weighted by atomic mass is 79.9. The van der Waals surface area contributed by atoms with Gasteiger partial charge in [-0.25, -0.2) is 0 Å². The largest absolute Gasteiger partial charge is 0.496 e. The molecule has 4 heteroatoms. The van der Waals surface area contributed by atoms with E-state index in [1.54, 1.807) is 7.11 Å². The molecular formula is C14H21BrN2O. The Morgan fingerprint density at radius 1 is 1.56 bits per heavy atom. The van der Waals surface area contributed by atoms with Crippen molar-refractivity contribution < 1.29 is 4.74 Å². The maximum absolute atomic E-state index is 5.27. The summed E-state index contributed by atoms with van der Waals surface area (Å²) in [6.45, 7) is 2.31. The Morgan fingerprint density at radius 2 is 2.39 bits per heavy atom. The smallest absolute Gasteiger partial charge is 0.133 e. The topological polar surface area (TPSA) is 33.3 Å². The summed E-state index contributed by atoms with van der Waals surface area (Å²) >= 11 is 3.55. The summed E-state index contributed by atoms with van der Waals surface area (Å²) in [4.78, 5) is 0. The second-order valence-corrected chi connectivity index (χ2v) is 5.68. The van der Waals surface area contributed by atoms with E-state index in [4.69, 9.17) is 4.74 Å². The molecule has 1 aliphatic heterocycles. The Kier molecular flexibility index (Phi) is 5.03. The Bertz CT molecular complexity index is 391. The van der Waals surface area contributed by atoms with E-state index in [9.17, 15) is 0 Å². The maximum Gasteiger partial charge on any atom is 0.133 e.